The van der Waals surface area contributed by atoms with Crippen molar-refractivity contribution < 1.29 is 66.9 Å². The molecule has 2 aromatic rings. The molecule has 0 spiro atoms. The Labute approximate surface area is 364 Å². The number of quaternary nitrogens is 2. The van der Waals surface area contributed by atoms with Gasteiger partial charge in [-0.1, -0.05) is 27.7 Å². The van der Waals surface area contributed by atoms with Crippen LogP contribution in [0.3, 0.4) is 0 Å². The molecule has 4 saturated heterocycles. The molecular formula is C48H64N2O12+2. The van der Waals surface area contributed by atoms with Crippen molar-refractivity contribution in [2.75, 3.05) is 14.1 Å². The first-order valence-corrected chi connectivity index (χ1v) is 22.7. The second-order valence-corrected chi connectivity index (χ2v) is 19.0. The highest BCUT2D eigenvalue weighted by atomic mass is 16.6. The van der Waals surface area contributed by atoms with Gasteiger partial charge in [-0.2, -0.15) is 0 Å². The second kappa shape index (κ2) is 17.4. The summed E-state index contributed by atoms with van der Waals surface area (Å²) in [6, 6.07) is 11.1. The van der Waals surface area contributed by atoms with E-state index < -0.39 is 46.6 Å². The summed E-state index contributed by atoms with van der Waals surface area (Å²) in [5, 5.41) is 22.7. The number of carboxylic acid groups (broad SMARTS) is 2. The van der Waals surface area contributed by atoms with Gasteiger partial charge in [-0.05, 0) is 61.1 Å². The molecule has 2 N–H and O–H groups in total. The number of piperidine rings is 2. The Hall–Kier alpha value is -4.82. The number of hydrogen-bond acceptors (Lipinski definition) is 10. The van der Waals surface area contributed by atoms with Gasteiger partial charge >= 0.3 is 35.8 Å². The van der Waals surface area contributed by atoms with E-state index in [1.165, 1.54) is 0 Å². The maximum Gasteiger partial charge on any atom is 0.311 e. The minimum Gasteiger partial charge on any atom is -0.481 e. The summed E-state index contributed by atoms with van der Waals surface area (Å²) in [7, 11) is 4.42. The average molecular weight is 861 g/mol. The molecule has 14 nitrogen and oxygen atoms in total. The zero-order valence-corrected chi connectivity index (χ0v) is 37.1. The normalized spacial score (nSPS) is 33.2. The molecule has 6 atom stereocenters. The molecule has 336 valence electrons. The molecule has 0 amide bonds. The highest BCUT2D eigenvalue weighted by molar-refractivity contribution is 5.89. The van der Waals surface area contributed by atoms with E-state index in [1.54, 1.807) is 52.0 Å². The number of benzene rings is 2. The van der Waals surface area contributed by atoms with Crippen LogP contribution in [0.2, 0.25) is 0 Å². The molecule has 5 fully saturated rings. The van der Waals surface area contributed by atoms with E-state index in [2.05, 4.69) is 14.1 Å². The summed E-state index contributed by atoms with van der Waals surface area (Å²) in [5.41, 5.74) is -0.956. The van der Waals surface area contributed by atoms with Crippen LogP contribution < -0.4 is 18.9 Å². The summed E-state index contributed by atoms with van der Waals surface area (Å²) < 4.78 is 23.5. The lowest BCUT2D eigenvalue weighted by Gasteiger charge is -2.64. The highest BCUT2D eigenvalue weighted by Gasteiger charge is 2.76. The largest absolute Gasteiger partial charge is 0.481 e. The number of esters is 4. The first-order valence-electron chi connectivity index (χ1n) is 22.7. The smallest absolute Gasteiger partial charge is 0.311 e. The van der Waals surface area contributed by atoms with Crippen molar-refractivity contribution in [3.63, 3.8) is 0 Å². The van der Waals surface area contributed by atoms with Gasteiger partial charge in [-0.3, -0.25) is 28.8 Å². The molecule has 5 aliphatic rings. The van der Waals surface area contributed by atoms with Crippen LogP contribution in [0.1, 0.15) is 129 Å². The van der Waals surface area contributed by atoms with E-state index in [4.69, 9.17) is 18.9 Å². The minimum absolute atomic E-state index is 0.113. The molecule has 2 aromatic carbocycles. The molecule has 4 bridgehead atoms. The third kappa shape index (κ3) is 7.69. The maximum absolute atomic E-state index is 13.9. The number of ether oxygens (including phenoxy) is 4. The average Bonchev–Trinajstić information content (AvgIpc) is 3.44. The van der Waals surface area contributed by atoms with Crippen LogP contribution in [0.25, 0.3) is 0 Å². The summed E-state index contributed by atoms with van der Waals surface area (Å²) in [5.74, 6) is -3.56. The standard InChI is InChI=1S/C48H62N2O12/c1-7-41(51)59-37-17-11-29(21-39(37)61-43(53)9-3)27-49(5)33-13-14-34(49)24-31(23-33)47(45(55)56)19-20-48(47,46(57)58)32-25-35-15-16-36(26-32)50(35,6)28-30-12-18-38(60-42(52)8-2)40(22-30)62-44(54)10-4/h11-12,17-18,21-22,31-36H,7-10,13-16,19-20,23-28H2,1-6H3/p+2/t31?,32?,33?,34?,35?,36?,47-,48+,49?,50?. The molecule has 14 heteroatoms. The third-order valence-corrected chi connectivity index (χ3v) is 16.2. The molecule has 1 aliphatic carbocycles. The SMILES string of the molecule is CCC(=O)Oc1ccc(C[N+]2(C)C3CCC2CC([C@@]2(C(=O)O)CC[C@@]2(C(=O)O)C2CC4CCC(C2)[N+]4(C)Cc2ccc(OC(=O)CC)c(OC(=O)CC)c2)C3)cc1OC(=O)CC. The zero-order valence-electron chi connectivity index (χ0n) is 37.1. The van der Waals surface area contributed by atoms with Gasteiger partial charge in [0.15, 0.2) is 23.0 Å². The van der Waals surface area contributed by atoms with Crippen LogP contribution in [0.5, 0.6) is 23.0 Å². The minimum atomic E-state index is -1.38. The molecule has 62 heavy (non-hydrogen) atoms. The van der Waals surface area contributed by atoms with E-state index in [0.717, 1.165) is 36.8 Å². The van der Waals surface area contributed by atoms with Crippen LogP contribution in [0.4, 0.5) is 0 Å². The zero-order chi connectivity index (χ0) is 44.8. The van der Waals surface area contributed by atoms with E-state index in [9.17, 15) is 39.0 Å². The Morgan fingerprint density at radius 3 is 1.06 bits per heavy atom. The van der Waals surface area contributed by atoms with Gasteiger partial charge < -0.3 is 38.1 Å². The van der Waals surface area contributed by atoms with Crippen molar-refractivity contribution in [3.05, 3.63) is 47.5 Å². The molecule has 0 radical (unpaired) electrons. The fraction of sp³-hybridized carbons (Fsp3) is 0.625. The van der Waals surface area contributed by atoms with Crippen molar-refractivity contribution >= 4 is 35.8 Å². The van der Waals surface area contributed by atoms with Gasteiger partial charge in [0.25, 0.3) is 0 Å². The quantitative estimate of drug-likeness (QED) is 0.0975. The molecule has 0 aromatic heterocycles. The number of carboxylic acids is 2. The van der Waals surface area contributed by atoms with Gasteiger partial charge in [-0.25, -0.2) is 0 Å². The summed E-state index contributed by atoms with van der Waals surface area (Å²) in [4.78, 5) is 76.9. The Kier molecular flexibility index (Phi) is 12.7. The third-order valence-electron chi connectivity index (χ3n) is 16.2. The van der Waals surface area contributed by atoms with E-state index in [-0.39, 0.29) is 84.7 Å². The molecule has 7 rings (SSSR count). The lowest BCUT2D eigenvalue weighted by molar-refractivity contribution is -0.963. The summed E-state index contributed by atoms with van der Waals surface area (Å²) >= 11 is 0. The van der Waals surface area contributed by atoms with Crippen molar-refractivity contribution in [2.45, 2.75) is 155 Å². The number of hydrogen-bond donors (Lipinski definition) is 2. The highest BCUT2D eigenvalue weighted by Crippen LogP contribution is 2.71. The number of aliphatic carboxylic acids is 2. The van der Waals surface area contributed by atoms with Crippen LogP contribution >= 0.6 is 0 Å². The number of carbonyl (C=O) groups excluding carboxylic acids is 4. The Morgan fingerprint density at radius 2 is 0.806 bits per heavy atom. The molecule has 1 saturated carbocycles. The second-order valence-electron chi connectivity index (χ2n) is 19.0. The predicted molar refractivity (Wildman–Crippen MR) is 225 cm³/mol. The topological polar surface area (TPSA) is 180 Å². The van der Waals surface area contributed by atoms with E-state index in [1.807, 2.05) is 12.1 Å². The Balaban J connectivity index is 1.12. The fourth-order valence-corrected chi connectivity index (χ4v) is 12.7. The number of rotatable bonds is 16. The van der Waals surface area contributed by atoms with Crippen LogP contribution in [0, 0.1) is 22.7 Å². The first-order chi connectivity index (χ1) is 29.5. The monoisotopic (exact) mass is 860 g/mol. The van der Waals surface area contributed by atoms with Gasteiger partial charge in [0.05, 0.1) is 49.1 Å². The molecule has 4 aliphatic heterocycles. The lowest BCUT2D eigenvalue weighted by atomic mass is 9.38. The summed E-state index contributed by atoms with van der Waals surface area (Å²) in [6.45, 7) is 7.97. The maximum atomic E-state index is 13.9. The van der Waals surface area contributed by atoms with Crippen LogP contribution in [0.15, 0.2) is 36.4 Å². The fourth-order valence-electron chi connectivity index (χ4n) is 12.7. The van der Waals surface area contributed by atoms with Gasteiger partial charge in [0, 0.05) is 88.2 Å². The Bertz CT molecular complexity index is 1940. The Morgan fingerprint density at radius 1 is 0.516 bits per heavy atom. The first kappa shape index (κ1) is 45.2. The van der Waals surface area contributed by atoms with Crippen LogP contribution in [-0.4, -0.2) is 93.3 Å². The van der Waals surface area contributed by atoms with Gasteiger partial charge in [-0.15, -0.1) is 0 Å². The predicted octanol–water partition coefficient (Wildman–Crippen LogP) is 7.36. The van der Waals surface area contributed by atoms with Crippen molar-refractivity contribution in [1.82, 2.24) is 0 Å². The van der Waals surface area contributed by atoms with Gasteiger partial charge in [0.1, 0.15) is 13.1 Å². The van der Waals surface area contributed by atoms with Crippen molar-refractivity contribution in [1.29, 1.82) is 0 Å². The lowest BCUT2D eigenvalue weighted by Crippen LogP contribution is -2.71. The van der Waals surface area contributed by atoms with Crippen molar-refractivity contribution in [3.8, 4) is 23.0 Å². The molecular weight excluding hydrogens is 797 g/mol. The van der Waals surface area contributed by atoms with Crippen molar-refractivity contribution in [2.24, 2.45) is 22.7 Å². The molecule has 4 unspecified atom stereocenters. The van der Waals surface area contributed by atoms with E-state index >= 15 is 0 Å². The van der Waals surface area contributed by atoms with Crippen LogP contribution in [-0.2, 0) is 41.9 Å². The number of fused-ring (bicyclic) bond motifs is 4. The van der Waals surface area contributed by atoms with E-state index in [0.29, 0.717) is 60.6 Å². The summed E-state index contributed by atoms with van der Waals surface area (Å²) in [6.07, 6.45) is 7.40. The van der Waals surface area contributed by atoms with Gasteiger partial charge in [0.2, 0.25) is 0 Å². The number of carbonyl (C=O) groups is 6. The molecule has 4 heterocycles. The number of nitrogens with zero attached hydrogens (tertiary/aromatic N) is 2.